The number of halogens is 2. The lowest BCUT2D eigenvalue weighted by Crippen LogP contribution is -2.42. The largest absolute Gasteiger partial charge is 0.504 e. The molecule has 1 aromatic carbocycles. The number of carbonyl (C=O) groups is 1. The van der Waals surface area contributed by atoms with Crippen molar-refractivity contribution in [3.8, 4) is 5.75 Å². The zero-order valence-electron chi connectivity index (χ0n) is 11.5. The van der Waals surface area contributed by atoms with Crippen LogP contribution in [0.1, 0.15) is 21.3 Å². The number of rotatable bonds is 2. The normalized spacial score (nSPS) is 18.5. The Balaban J connectivity index is 1.80. The molecular formula is C15H13ClFNO3S. The minimum absolute atomic E-state index is 0.118. The van der Waals surface area contributed by atoms with Crippen LogP contribution < -0.4 is 0 Å². The maximum Gasteiger partial charge on any atom is 0.254 e. The van der Waals surface area contributed by atoms with Gasteiger partial charge in [0.25, 0.3) is 5.91 Å². The number of ether oxygens (including phenoxy) is 1. The molecule has 116 valence electrons. The number of aromatic hydroxyl groups is 1. The van der Waals surface area contributed by atoms with Gasteiger partial charge >= 0.3 is 0 Å². The van der Waals surface area contributed by atoms with Crippen molar-refractivity contribution >= 4 is 28.8 Å². The van der Waals surface area contributed by atoms with Crippen LogP contribution >= 0.6 is 22.9 Å². The molecule has 0 aliphatic carbocycles. The van der Waals surface area contributed by atoms with Crippen LogP contribution in [0.4, 0.5) is 4.39 Å². The second-order valence-corrected chi connectivity index (χ2v) is 6.30. The SMILES string of the molecule is O=C(c1cc(F)c(O)c(Cl)c1)N1CCO[C@H](c2cccs2)C1. The van der Waals surface area contributed by atoms with Crippen LogP contribution in [-0.4, -0.2) is 35.6 Å². The Kier molecular flexibility index (Phi) is 4.33. The van der Waals surface area contributed by atoms with Crippen molar-refractivity contribution in [2.45, 2.75) is 6.10 Å². The predicted octanol–water partition coefficient (Wildman–Crippen LogP) is 3.46. The maximum atomic E-state index is 13.5. The summed E-state index contributed by atoms with van der Waals surface area (Å²) in [7, 11) is 0. The average molecular weight is 342 g/mol. The summed E-state index contributed by atoms with van der Waals surface area (Å²) in [6.07, 6.45) is -0.171. The van der Waals surface area contributed by atoms with E-state index in [4.69, 9.17) is 16.3 Å². The molecule has 7 heteroatoms. The van der Waals surface area contributed by atoms with E-state index in [1.165, 1.54) is 6.07 Å². The molecule has 0 unspecified atom stereocenters. The topological polar surface area (TPSA) is 49.8 Å². The van der Waals surface area contributed by atoms with Crippen LogP contribution in [0.5, 0.6) is 5.75 Å². The van der Waals surface area contributed by atoms with Crippen molar-refractivity contribution in [3.63, 3.8) is 0 Å². The molecule has 22 heavy (non-hydrogen) atoms. The number of thiophene rings is 1. The number of amides is 1. The molecule has 2 aromatic rings. The molecule has 1 N–H and O–H groups in total. The summed E-state index contributed by atoms with van der Waals surface area (Å²) >= 11 is 7.30. The molecule has 0 bridgehead atoms. The molecule has 3 rings (SSSR count). The maximum absolute atomic E-state index is 13.5. The fourth-order valence-electron chi connectivity index (χ4n) is 2.35. The summed E-state index contributed by atoms with van der Waals surface area (Å²) in [6, 6.07) is 6.16. The van der Waals surface area contributed by atoms with Crippen molar-refractivity contribution in [3.05, 3.63) is 50.9 Å². The van der Waals surface area contributed by atoms with Gasteiger partial charge in [-0.1, -0.05) is 17.7 Å². The van der Waals surface area contributed by atoms with Crippen LogP contribution in [0, 0.1) is 5.82 Å². The lowest BCUT2D eigenvalue weighted by molar-refractivity contribution is -0.0211. The summed E-state index contributed by atoms with van der Waals surface area (Å²) in [5, 5.41) is 11.1. The molecule has 1 amide bonds. The average Bonchev–Trinajstić information content (AvgIpc) is 3.06. The first-order chi connectivity index (χ1) is 10.6. The Hall–Kier alpha value is -1.63. The summed E-state index contributed by atoms with van der Waals surface area (Å²) in [5.74, 6) is -1.87. The van der Waals surface area contributed by atoms with E-state index in [1.54, 1.807) is 16.2 Å². The fraction of sp³-hybridized carbons (Fsp3) is 0.267. The molecule has 1 atom stereocenters. The summed E-state index contributed by atoms with van der Waals surface area (Å²) in [6.45, 7) is 1.25. The van der Waals surface area contributed by atoms with Crippen molar-refractivity contribution in [2.75, 3.05) is 19.7 Å². The molecule has 0 spiro atoms. The van der Waals surface area contributed by atoms with E-state index < -0.39 is 11.6 Å². The molecule has 1 aliphatic rings. The molecule has 1 fully saturated rings. The lowest BCUT2D eigenvalue weighted by atomic mass is 10.1. The number of nitrogens with zero attached hydrogens (tertiary/aromatic N) is 1. The van der Waals surface area contributed by atoms with E-state index in [0.717, 1.165) is 10.9 Å². The first-order valence-corrected chi connectivity index (χ1v) is 7.94. The van der Waals surface area contributed by atoms with Gasteiger partial charge in [0.15, 0.2) is 11.6 Å². The standard InChI is InChI=1S/C15H13ClFNO3S/c16-10-6-9(7-11(17)14(10)19)15(20)18-3-4-21-12(8-18)13-2-1-5-22-13/h1-2,5-7,12,19H,3-4,8H2/t12-/m0/s1. The van der Waals surface area contributed by atoms with Crippen molar-refractivity contribution in [1.29, 1.82) is 0 Å². The van der Waals surface area contributed by atoms with Crippen LogP contribution in [0.15, 0.2) is 29.6 Å². The second kappa shape index (κ2) is 6.24. The van der Waals surface area contributed by atoms with Gasteiger partial charge in [-0.3, -0.25) is 4.79 Å². The smallest absolute Gasteiger partial charge is 0.254 e. The predicted molar refractivity (Wildman–Crippen MR) is 82.0 cm³/mol. The van der Waals surface area contributed by atoms with Gasteiger partial charge in [0.1, 0.15) is 6.10 Å². The number of morpholine rings is 1. The van der Waals surface area contributed by atoms with Gasteiger partial charge in [0.2, 0.25) is 0 Å². The quantitative estimate of drug-likeness (QED) is 0.910. The third-order valence-electron chi connectivity index (χ3n) is 3.48. The number of carbonyl (C=O) groups excluding carboxylic acids is 1. The van der Waals surface area contributed by atoms with E-state index in [0.29, 0.717) is 19.7 Å². The number of hydrogen-bond donors (Lipinski definition) is 1. The van der Waals surface area contributed by atoms with Gasteiger partial charge in [0.05, 0.1) is 18.2 Å². The van der Waals surface area contributed by atoms with Crippen molar-refractivity contribution < 1.29 is 19.0 Å². The highest BCUT2D eigenvalue weighted by Gasteiger charge is 2.27. The van der Waals surface area contributed by atoms with Gasteiger partial charge in [-0.25, -0.2) is 4.39 Å². The van der Waals surface area contributed by atoms with Gasteiger partial charge < -0.3 is 14.7 Å². The molecule has 4 nitrogen and oxygen atoms in total. The molecule has 0 radical (unpaired) electrons. The van der Waals surface area contributed by atoms with Crippen LogP contribution in [0.3, 0.4) is 0 Å². The monoisotopic (exact) mass is 341 g/mol. The Bertz CT molecular complexity index is 669. The van der Waals surface area contributed by atoms with Crippen LogP contribution in [0.2, 0.25) is 5.02 Å². The van der Waals surface area contributed by atoms with E-state index in [9.17, 15) is 14.3 Å². The highest BCUT2D eigenvalue weighted by atomic mass is 35.5. The Morgan fingerprint density at radius 2 is 2.32 bits per heavy atom. The second-order valence-electron chi connectivity index (χ2n) is 4.91. The fourth-order valence-corrected chi connectivity index (χ4v) is 3.33. The summed E-state index contributed by atoms with van der Waals surface area (Å²) in [4.78, 5) is 15.2. The molecule has 1 aromatic heterocycles. The first-order valence-electron chi connectivity index (χ1n) is 6.68. The van der Waals surface area contributed by atoms with Crippen molar-refractivity contribution in [1.82, 2.24) is 4.90 Å². The number of phenols is 1. The first kappa shape index (κ1) is 15.3. The highest BCUT2D eigenvalue weighted by Crippen LogP contribution is 2.30. The minimum atomic E-state index is -0.904. The van der Waals surface area contributed by atoms with Crippen LogP contribution in [-0.2, 0) is 4.74 Å². The highest BCUT2D eigenvalue weighted by molar-refractivity contribution is 7.10. The third kappa shape index (κ3) is 2.95. The Morgan fingerprint density at radius 3 is 3.00 bits per heavy atom. The molecule has 2 heterocycles. The summed E-state index contributed by atoms with van der Waals surface area (Å²) < 4.78 is 19.2. The Morgan fingerprint density at radius 1 is 1.50 bits per heavy atom. The van der Waals surface area contributed by atoms with Gasteiger partial charge in [-0.15, -0.1) is 11.3 Å². The third-order valence-corrected chi connectivity index (χ3v) is 4.73. The molecule has 1 aliphatic heterocycles. The molecule has 0 saturated carbocycles. The van der Waals surface area contributed by atoms with E-state index in [1.807, 2.05) is 17.5 Å². The minimum Gasteiger partial charge on any atom is -0.504 e. The van der Waals surface area contributed by atoms with E-state index in [2.05, 4.69) is 0 Å². The number of phenolic OH excluding ortho intramolecular Hbond substituents is 1. The Labute approximate surface area is 135 Å². The lowest BCUT2D eigenvalue weighted by Gasteiger charge is -2.32. The molecular weight excluding hydrogens is 329 g/mol. The zero-order valence-corrected chi connectivity index (χ0v) is 13.0. The zero-order chi connectivity index (χ0) is 15.7. The van der Waals surface area contributed by atoms with Crippen LogP contribution in [0.25, 0.3) is 0 Å². The number of hydrogen-bond acceptors (Lipinski definition) is 4. The van der Waals surface area contributed by atoms with Gasteiger partial charge in [-0.2, -0.15) is 0 Å². The van der Waals surface area contributed by atoms with Gasteiger partial charge in [-0.05, 0) is 23.6 Å². The summed E-state index contributed by atoms with van der Waals surface area (Å²) in [5.41, 5.74) is 0.118. The van der Waals surface area contributed by atoms with Crippen molar-refractivity contribution in [2.24, 2.45) is 0 Å². The molecule has 1 saturated heterocycles. The van der Waals surface area contributed by atoms with E-state index in [-0.39, 0.29) is 22.6 Å². The van der Waals surface area contributed by atoms with E-state index >= 15 is 0 Å². The number of benzene rings is 1. The van der Waals surface area contributed by atoms with Gasteiger partial charge in [0, 0.05) is 17.0 Å².